The molecule has 0 bridgehead atoms. The number of hydrogen-bond acceptors (Lipinski definition) is 3. The van der Waals surface area contributed by atoms with E-state index in [-0.39, 0.29) is 0 Å². The molecular weight excluding hydrogens is 325 g/mol. The number of rotatable bonds is 5. The molecule has 0 aromatic heterocycles. The van der Waals surface area contributed by atoms with E-state index in [0.717, 1.165) is 0 Å². The van der Waals surface area contributed by atoms with Crippen LogP contribution >= 0.6 is 27.5 Å². The fraction of sp³-hybridized carbons (Fsp3) is 0.273. The number of carbonyl (C=O) groups is 2. The number of aliphatic carboxylic acids is 1. The Labute approximate surface area is 117 Å². The summed E-state index contributed by atoms with van der Waals surface area (Å²) in [4.78, 5) is 21.8. The summed E-state index contributed by atoms with van der Waals surface area (Å²) in [7, 11) is 0. The van der Waals surface area contributed by atoms with Crippen molar-refractivity contribution in [2.75, 3.05) is 6.54 Å². The van der Waals surface area contributed by atoms with Crippen molar-refractivity contribution < 1.29 is 19.4 Å². The SMILES string of the molecule is CC(Oc1ccc(Cl)cc1Br)C(=O)NCC(=O)O. The minimum atomic E-state index is -1.11. The minimum absolute atomic E-state index is 0.436. The van der Waals surface area contributed by atoms with Crippen LogP contribution in [0.15, 0.2) is 22.7 Å². The zero-order valence-electron chi connectivity index (χ0n) is 9.44. The molecule has 5 nitrogen and oxygen atoms in total. The van der Waals surface area contributed by atoms with Crippen LogP contribution in [0.25, 0.3) is 0 Å². The lowest BCUT2D eigenvalue weighted by Crippen LogP contribution is -2.39. The van der Waals surface area contributed by atoms with Gasteiger partial charge in [-0.15, -0.1) is 0 Å². The maximum Gasteiger partial charge on any atom is 0.322 e. The highest BCUT2D eigenvalue weighted by molar-refractivity contribution is 9.10. The molecule has 0 aliphatic carbocycles. The Balaban J connectivity index is 2.60. The van der Waals surface area contributed by atoms with Crippen LogP contribution in [0, 0.1) is 0 Å². The number of amides is 1. The lowest BCUT2D eigenvalue weighted by Gasteiger charge is -2.15. The molecule has 18 heavy (non-hydrogen) atoms. The summed E-state index contributed by atoms with van der Waals surface area (Å²) in [5.74, 6) is -1.15. The summed E-state index contributed by atoms with van der Waals surface area (Å²) >= 11 is 9.02. The van der Waals surface area contributed by atoms with Crippen LogP contribution in [-0.4, -0.2) is 29.6 Å². The van der Waals surface area contributed by atoms with Crippen LogP contribution in [0.1, 0.15) is 6.92 Å². The van der Waals surface area contributed by atoms with E-state index >= 15 is 0 Å². The molecule has 0 heterocycles. The summed E-state index contributed by atoms with van der Waals surface area (Å²) in [6.07, 6.45) is -0.804. The molecule has 0 aliphatic rings. The van der Waals surface area contributed by atoms with E-state index in [9.17, 15) is 9.59 Å². The lowest BCUT2D eigenvalue weighted by atomic mass is 10.3. The fourth-order valence-corrected chi connectivity index (χ4v) is 1.90. The number of carboxylic acids is 1. The maximum atomic E-state index is 11.5. The van der Waals surface area contributed by atoms with E-state index in [4.69, 9.17) is 21.4 Å². The Hall–Kier alpha value is -1.27. The van der Waals surface area contributed by atoms with Gasteiger partial charge in [-0.25, -0.2) is 0 Å². The number of ether oxygens (including phenoxy) is 1. The molecule has 0 fully saturated rings. The Bertz CT molecular complexity index is 466. The predicted octanol–water partition coefficient (Wildman–Crippen LogP) is 2.07. The van der Waals surface area contributed by atoms with Gasteiger partial charge in [-0.1, -0.05) is 11.6 Å². The van der Waals surface area contributed by atoms with E-state index in [1.807, 2.05) is 0 Å². The van der Waals surface area contributed by atoms with Gasteiger partial charge in [0.2, 0.25) is 0 Å². The number of hydrogen-bond donors (Lipinski definition) is 2. The molecule has 0 spiro atoms. The minimum Gasteiger partial charge on any atom is -0.480 e. The third-order valence-electron chi connectivity index (χ3n) is 1.98. The molecule has 1 rings (SSSR count). The van der Waals surface area contributed by atoms with Crippen LogP contribution in [0.2, 0.25) is 5.02 Å². The number of nitrogens with one attached hydrogen (secondary N) is 1. The first kappa shape index (κ1) is 14.8. The maximum absolute atomic E-state index is 11.5. The van der Waals surface area contributed by atoms with Gasteiger partial charge in [-0.05, 0) is 41.1 Å². The third-order valence-corrected chi connectivity index (χ3v) is 2.84. The van der Waals surface area contributed by atoms with Gasteiger partial charge >= 0.3 is 5.97 Å². The monoisotopic (exact) mass is 335 g/mol. The van der Waals surface area contributed by atoms with E-state index in [2.05, 4.69) is 21.2 Å². The van der Waals surface area contributed by atoms with Crippen LogP contribution in [0.3, 0.4) is 0 Å². The first-order valence-corrected chi connectivity index (χ1v) is 6.18. The van der Waals surface area contributed by atoms with Crippen LogP contribution in [-0.2, 0) is 9.59 Å². The first-order valence-electron chi connectivity index (χ1n) is 5.01. The van der Waals surface area contributed by atoms with Crippen molar-refractivity contribution in [2.24, 2.45) is 0 Å². The van der Waals surface area contributed by atoms with Gasteiger partial charge in [0, 0.05) is 5.02 Å². The Morgan fingerprint density at radius 2 is 2.22 bits per heavy atom. The molecule has 98 valence electrons. The molecule has 1 aromatic rings. The number of carboxylic acid groups (broad SMARTS) is 1. The highest BCUT2D eigenvalue weighted by Crippen LogP contribution is 2.28. The smallest absolute Gasteiger partial charge is 0.322 e. The van der Waals surface area contributed by atoms with Crippen molar-refractivity contribution >= 4 is 39.4 Å². The number of benzene rings is 1. The molecule has 1 amide bonds. The second-order valence-electron chi connectivity index (χ2n) is 3.45. The van der Waals surface area contributed by atoms with Gasteiger partial charge in [0.1, 0.15) is 12.3 Å². The van der Waals surface area contributed by atoms with Crippen molar-refractivity contribution in [3.63, 3.8) is 0 Å². The average Bonchev–Trinajstić information content (AvgIpc) is 2.29. The van der Waals surface area contributed by atoms with Crippen molar-refractivity contribution in [2.45, 2.75) is 13.0 Å². The Morgan fingerprint density at radius 3 is 2.78 bits per heavy atom. The highest BCUT2D eigenvalue weighted by Gasteiger charge is 2.16. The molecule has 2 N–H and O–H groups in total. The molecular formula is C11H11BrClNO4. The fourth-order valence-electron chi connectivity index (χ4n) is 1.12. The topological polar surface area (TPSA) is 75.6 Å². The first-order chi connectivity index (χ1) is 8.40. The van der Waals surface area contributed by atoms with Gasteiger partial charge in [-0.3, -0.25) is 9.59 Å². The molecule has 0 saturated heterocycles. The normalized spacial score (nSPS) is 11.7. The average molecular weight is 337 g/mol. The Kier molecular flexibility index (Phi) is 5.43. The summed E-state index contributed by atoms with van der Waals surface area (Å²) < 4.78 is 6.00. The van der Waals surface area contributed by atoms with Crippen LogP contribution in [0.4, 0.5) is 0 Å². The molecule has 1 unspecified atom stereocenters. The third kappa shape index (κ3) is 4.54. The van der Waals surface area contributed by atoms with Crippen molar-refractivity contribution in [3.8, 4) is 5.75 Å². The predicted molar refractivity (Wildman–Crippen MR) is 69.9 cm³/mol. The van der Waals surface area contributed by atoms with Crippen molar-refractivity contribution in [1.29, 1.82) is 0 Å². The second kappa shape index (κ2) is 6.61. The summed E-state index contributed by atoms with van der Waals surface area (Å²) in [5, 5.41) is 11.2. The standard InChI is InChI=1S/C11H11BrClNO4/c1-6(11(17)14-5-10(15)16)18-9-3-2-7(13)4-8(9)12/h2-4,6H,5H2,1H3,(H,14,17)(H,15,16). The zero-order valence-corrected chi connectivity index (χ0v) is 11.8. The number of halogens is 2. The molecule has 1 aromatic carbocycles. The summed E-state index contributed by atoms with van der Waals surface area (Å²) in [6, 6.07) is 4.88. The van der Waals surface area contributed by atoms with Gasteiger partial charge in [0.25, 0.3) is 5.91 Å². The quantitative estimate of drug-likeness (QED) is 0.863. The highest BCUT2D eigenvalue weighted by atomic mass is 79.9. The van der Waals surface area contributed by atoms with Gasteiger partial charge in [0.05, 0.1) is 4.47 Å². The van der Waals surface area contributed by atoms with Gasteiger partial charge < -0.3 is 15.2 Å². The van der Waals surface area contributed by atoms with Gasteiger partial charge in [0.15, 0.2) is 6.10 Å². The van der Waals surface area contributed by atoms with Gasteiger partial charge in [-0.2, -0.15) is 0 Å². The van der Waals surface area contributed by atoms with E-state index in [1.165, 1.54) is 6.92 Å². The largest absolute Gasteiger partial charge is 0.480 e. The molecule has 0 radical (unpaired) electrons. The van der Waals surface area contributed by atoms with E-state index < -0.39 is 24.5 Å². The van der Waals surface area contributed by atoms with Crippen LogP contribution < -0.4 is 10.1 Å². The van der Waals surface area contributed by atoms with Crippen molar-refractivity contribution in [1.82, 2.24) is 5.32 Å². The Morgan fingerprint density at radius 1 is 1.56 bits per heavy atom. The second-order valence-corrected chi connectivity index (χ2v) is 4.74. The van der Waals surface area contributed by atoms with E-state index in [1.54, 1.807) is 18.2 Å². The lowest BCUT2D eigenvalue weighted by molar-refractivity contribution is -0.139. The number of carbonyl (C=O) groups excluding carboxylic acids is 1. The van der Waals surface area contributed by atoms with E-state index in [0.29, 0.717) is 15.2 Å². The molecule has 0 aliphatic heterocycles. The summed E-state index contributed by atoms with van der Waals surface area (Å²) in [5.41, 5.74) is 0. The molecule has 7 heteroatoms. The van der Waals surface area contributed by atoms with Crippen LogP contribution in [0.5, 0.6) is 5.75 Å². The summed E-state index contributed by atoms with van der Waals surface area (Å²) in [6.45, 7) is 1.09. The molecule has 0 saturated carbocycles. The zero-order chi connectivity index (χ0) is 13.7. The molecule has 1 atom stereocenters. The van der Waals surface area contributed by atoms with Crippen molar-refractivity contribution in [3.05, 3.63) is 27.7 Å².